The van der Waals surface area contributed by atoms with E-state index in [1.807, 2.05) is 29.3 Å². The standard InChI is InChI=1S/C23H22BrFN6O2/c1-28(24)22(32)16-4-5-19(17(25)12-16)30-9-7-29(8-10-30)14-15-11-18-21(26-13-15)20-3-2-6-31(20)23(33)27-18/h2-6,11-13H,7-10,14H2,1H3,(H,27,33). The number of anilines is 1. The molecule has 170 valence electrons. The van der Waals surface area contributed by atoms with E-state index in [9.17, 15) is 14.0 Å². The summed E-state index contributed by atoms with van der Waals surface area (Å²) in [5.74, 6) is -0.698. The van der Waals surface area contributed by atoms with Crippen LogP contribution in [0.5, 0.6) is 0 Å². The number of piperazine rings is 1. The van der Waals surface area contributed by atoms with Crippen LogP contribution in [0.1, 0.15) is 15.9 Å². The molecule has 0 atom stereocenters. The van der Waals surface area contributed by atoms with Crippen molar-refractivity contribution in [2.75, 3.05) is 38.1 Å². The lowest BCUT2D eigenvalue weighted by molar-refractivity contribution is 0.0897. The van der Waals surface area contributed by atoms with Gasteiger partial charge in [-0.15, -0.1) is 0 Å². The highest BCUT2D eigenvalue weighted by Gasteiger charge is 2.21. The molecule has 0 unspecified atom stereocenters. The van der Waals surface area contributed by atoms with Gasteiger partial charge in [-0.1, -0.05) is 0 Å². The number of nitrogens with zero attached hydrogens (tertiary/aromatic N) is 5. The largest absolute Gasteiger partial charge is 0.367 e. The first-order valence-corrected chi connectivity index (χ1v) is 11.3. The van der Waals surface area contributed by atoms with Crippen LogP contribution in [0.25, 0.3) is 16.6 Å². The number of nitrogens with one attached hydrogen (secondary N) is 1. The number of halogens is 2. The number of carbonyl (C=O) groups excluding carboxylic acids is 1. The van der Waals surface area contributed by atoms with Crippen LogP contribution in [0.3, 0.4) is 0 Å². The molecule has 4 aromatic rings. The second-order valence-electron chi connectivity index (χ2n) is 8.15. The molecule has 10 heteroatoms. The van der Waals surface area contributed by atoms with Crippen LogP contribution in [0, 0.1) is 5.82 Å². The summed E-state index contributed by atoms with van der Waals surface area (Å²) >= 11 is 3.08. The van der Waals surface area contributed by atoms with Crippen LogP contribution in [0.15, 0.2) is 53.6 Å². The smallest absolute Gasteiger partial charge is 0.330 e. The number of pyridine rings is 1. The van der Waals surface area contributed by atoms with Gasteiger partial charge in [0, 0.05) is 57.7 Å². The number of H-pyrrole nitrogens is 1. The number of amides is 1. The van der Waals surface area contributed by atoms with Crippen molar-refractivity contribution in [2.24, 2.45) is 0 Å². The van der Waals surface area contributed by atoms with E-state index >= 15 is 0 Å². The Morgan fingerprint density at radius 2 is 2.00 bits per heavy atom. The normalized spacial score (nSPS) is 14.8. The first-order chi connectivity index (χ1) is 15.9. The molecule has 0 radical (unpaired) electrons. The predicted octanol–water partition coefficient (Wildman–Crippen LogP) is 3.02. The molecule has 1 amide bonds. The predicted molar refractivity (Wildman–Crippen MR) is 128 cm³/mol. The fourth-order valence-corrected chi connectivity index (χ4v) is 4.50. The van der Waals surface area contributed by atoms with Crippen LogP contribution >= 0.6 is 16.1 Å². The Balaban J connectivity index is 1.27. The second kappa shape index (κ2) is 8.60. The Bertz CT molecular complexity index is 1410. The number of carbonyl (C=O) groups is 1. The molecule has 1 fully saturated rings. The Morgan fingerprint density at radius 3 is 2.73 bits per heavy atom. The van der Waals surface area contributed by atoms with E-state index in [1.165, 1.54) is 9.99 Å². The molecule has 0 bridgehead atoms. The molecule has 1 aromatic carbocycles. The SMILES string of the molecule is CN(Br)C(=O)c1ccc(N2CCN(Cc3cnc4c(c3)[nH]c(=O)n3cccc43)CC2)c(F)c1. The van der Waals surface area contributed by atoms with Crippen LogP contribution in [0.4, 0.5) is 10.1 Å². The van der Waals surface area contributed by atoms with Gasteiger partial charge < -0.3 is 9.88 Å². The van der Waals surface area contributed by atoms with E-state index in [1.54, 1.807) is 29.8 Å². The van der Waals surface area contributed by atoms with Gasteiger partial charge >= 0.3 is 5.69 Å². The monoisotopic (exact) mass is 512 g/mol. The van der Waals surface area contributed by atoms with E-state index in [-0.39, 0.29) is 11.6 Å². The van der Waals surface area contributed by atoms with E-state index in [0.717, 1.165) is 29.7 Å². The van der Waals surface area contributed by atoms with Gasteiger partial charge in [-0.05, 0) is 42.0 Å². The summed E-state index contributed by atoms with van der Waals surface area (Å²) in [5, 5.41) is 0. The van der Waals surface area contributed by atoms with Crippen molar-refractivity contribution >= 4 is 44.3 Å². The Labute approximate surface area is 197 Å². The highest BCUT2D eigenvalue weighted by molar-refractivity contribution is 9.07. The lowest BCUT2D eigenvalue weighted by atomic mass is 10.1. The third kappa shape index (κ3) is 4.11. The van der Waals surface area contributed by atoms with Gasteiger partial charge in [0.05, 0.1) is 32.9 Å². The summed E-state index contributed by atoms with van der Waals surface area (Å²) in [6, 6.07) is 10.3. The van der Waals surface area contributed by atoms with Crippen molar-refractivity contribution in [3.63, 3.8) is 0 Å². The third-order valence-corrected chi connectivity index (χ3v) is 6.31. The fraction of sp³-hybridized carbons (Fsp3) is 0.261. The number of aromatic nitrogens is 3. The van der Waals surface area contributed by atoms with Crippen molar-refractivity contribution in [2.45, 2.75) is 6.54 Å². The molecular weight excluding hydrogens is 491 g/mol. The number of fused-ring (bicyclic) bond motifs is 3. The molecule has 4 heterocycles. The van der Waals surface area contributed by atoms with Gasteiger partial charge in [-0.3, -0.25) is 23.0 Å². The van der Waals surface area contributed by atoms with Gasteiger partial charge in [0.2, 0.25) is 0 Å². The van der Waals surface area contributed by atoms with Gasteiger partial charge in [0.25, 0.3) is 5.91 Å². The molecule has 1 aliphatic rings. The van der Waals surface area contributed by atoms with Crippen molar-refractivity contribution in [1.29, 1.82) is 0 Å². The maximum absolute atomic E-state index is 14.7. The van der Waals surface area contributed by atoms with Crippen molar-refractivity contribution < 1.29 is 9.18 Å². The quantitative estimate of drug-likeness (QED) is 0.425. The topological polar surface area (TPSA) is 77.0 Å². The number of benzene rings is 1. The molecule has 1 N–H and O–H groups in total. The zero-order valence-electron chi connectivity index (χ0n) is 18.0. The van der Waals surface area contributed by atoms with E-state index in [2.05, 4.69) is 31.0 Å². The van der Waals surface area contributed by atoms with Crippen LogP contribution in [-0.2, 0) is 6.54 Å². The van der Waals surface area contributed by atoms with Gasteiger partial charge in [-0.25, -0.2) is 9.18 Å². The highest BCUT2D eigenvalue weighted by Crippen LogP contribution is 2.24. The number of aromatic amines is 1. The Kier molecular flexibility index (Phi) is 5.63. The summed E-state index contributed by atoms with van der Waals surface area (Å²) in [7, 11) is 1.57. The summed E-state index contributed by atoms with van der Waals surface area (Å²) in [4.78, 5) is 36.0. The first kappa shape index (κ1) is 21.6. The van der Waals surface area contributed by atoms with Crippen molar-refractivity contribution in [1.82, 2.24) is 23.2 Å². The van der Waals surface area contributed by atoms with E-state index < -0.39 is 5.82 Å². The minimum absolute atomic E-state index is 0.187. The molecule has 0 saturated carbocycles. The average molecular weight is 513 g/mol. The zero-order chi connectivity index (χ0) is 23.1. The minimum atomic E-state index is -0.400. The number of rotatable bonds is 4. The lowest BCUT2D eigenvalue weighted by Gasteiger charge is -2.36. The molecule has 0 aliphatic carbocycles. The fourth-order valence-electron chi connectivity index (χ4n) is 4.30. The van der Waals surface area contributed by atoms with Gasteiger partial charge in [0.1, 0.15) is 11.3 Å². The molecule has 1 saturated heterocycles. The molecule has 8 nitrogen and oxygen atoms in total. The van der Waals surface area contributed by atoms with Crippen LogP contribution in [0.2, 0.25) is 0 Å². The first-order valence-electron chi connectivity index (χ1n) is 10.6. The maximum Gasteiger partial charge on any atom is 0.330 e. The summed E-state index contributed by atoms with van der Waals surface area (Å²) in [6.07, 6.45) is 3.56. The summed E-state index contributed by atoms with van der Waals surface area (Å²) < 4.78 is 17.5. The molecule has 0 spiro atoms. The molecular formula is C23H22BrFN6O2. The van der Waals surface area contributed by atoms with Gasteiger partial charge in [0.15, 0.2) is 0 Å². The Morgan fingerprint density at radius 1 is 1.21 bits per heavy atom. The summed E-state index contributed by atoms with van der Waals surface area (Å²) in [6.45, 7) is 3.56. The maximum atomic E-state index is 14.7. The molecule has 33 heavy (non-hydrogen) atoms. The lowest BCUT2D eigenvalue weighted by Crippen LogP contribution is -2.46. The van der Waals surface area contributed by atoms with E-state index in [4.69, 9.17) is 0 Å². The molecule has 5 rings (SSSR count). The van der Waals surface area contributed by atoms with Crippen LogP contribution in [-0.4, -0.2) is 62.3 Å². The molecule has 1 aliphatic heterocycles. The second-order valence-corrected chi connectivity index (χ2v) is 9.21. The van der Waals surface area contributed by atoms with Gasteiger partial charge in [-0.2, -0.15) is 0 Å². The van der Waals surface area contributed by atoms with Crippen molar-refractivity contribution in [3.8, 4) is 0 Å². The molecule has 3 aromatic heterocycles. The Hall–Kier alpha value is -3.24. The van der Waals surface area contributed by atoms with E-state index in [0.29, 0.717) is 36.4 Å². The minimum Gasteiger partial charge on any atom is -0.367 e. The average Bonchev–Trinajstić information content (AvgIpc) is 3.30. The van der Waals surface area contributed by atoms with Crippen molar-refractivity contribution in [3.05, 3.63) is 76.2 Å². The van der Waals surface area contributed by atoms with Crippen LogP contribution < -0.4 is 10.6 Å². The zero-order valence-corrected chi connectivity index (χ0v) is 19.5. The summed E-state index contributed by atoms with van der Waals surface area (Å²) in [5.41, 5.74) is 3.89. The number of hydrogen-bond acceptors (Lipinski definition) is 5. The number of hydrogen-bond donors (Lipinski definition) is 1. The highest BCUT2D eigenvalue weighted by atomic mass is 79.9. The third-order valence-electron chi connectivity index (χ3n) is 5.99.